The second-order valence-electron chi connectivity index (χ2n) is 6.20. The fraction of sp³-hybridized carbons (Fsp3) is 0.143. The molecule has 0 saturated carbocycles. The van der Waals surface area contributed by atoms with Gasteiger partial charge in [-0.1, -0.05) is 53.2 Å². The highest BCUT2D eigenvalue weighted by Gasteiger charge is 2.13. The molecule has 5 heteroatoms. The number of aryl methyl sites for hydroxylation is 2. The third kappa shape index (κ3) is 3.63. The zero-order valence-electron chi connectivity index (χ0n) is 14.5. The first kappa shape index (κ1) is 17.5. The highest BCUT2D eigenvalue weighted by Crippen LogP contribution is 2.38. The normalized spacial score (nSPS) is 11.2. The van der Waals surface area contributed by atoms with Crippen molar-refractivity contribution in [1.29, 1.82) is 0 Å². The van der Waals surface area contributed by atoms with Crippen molar-refractivity contribution in [3.05, 3.63) is 76.4 Å². The lowest BCUT2D eigenvalue weighted by Crippen LogP contribution is -1.90. The van der Waals surface area contributed by atoms with E-state index in [1.807, 2.05) is 24.4 Å². The Labute approximate surface area is 166 Å². The molecule has 0 saturated heterocycles. The standard InChI is InChI=1S/C21H17ClN2S2/c1-13-3-5-15(6-4-13)12-25-21-23-10-9-18(24-21)20-14(2)17-11-16(22)7-8-19(17)26-20/h3-11H,12H2,1-2H3. The molecule has 0 bridgehead atoms. The zero-order valence-corrected chi connectivity index (χ0v) is 16.9. The van der Waals surface area contributed by atoms with E-state index in [9.17, 15) is 0 Å². The van der Waals surface area contributed by atoms with Crippen LogP contribution in [0.5, 0.6) is 0 Å². The van der Waals surface area contributed by atoms with E-state index in [4.69, 9.17) is 16.6 Å². The number of rotatable bonds is 4. The van der Waals surface area contributed by atoms with E-state index in [1.54, 1.807) is 23.1 Å². The molecule has 0 aliphatic heterocycles. The van der Waals surface area contributed by atoms with Gasteiger partial charge in [-0.2, -0.15) is 0 Å². The molecule has 0 aliphatic rings. The monoisotopic (exact) mass is 396 g/mol. The highest BCUT2D eigenvalue weighted by molar-refractivity contribution is 7.98. The average molecular weight is 397 g/mol. The molecule has 0 N–H and O–H groups in total. The van der Waals surface area contributed by atoms with E-state index < -0.39 is 0 Å². The van der Waals surface area contributed by atoms with Gasteiger partial charge in [0.05, 0.1) is 10.6 Å². The topological polar surface area (TPSA) is 25.8 Å². The molecule has 0 fully saturated rings. The minimum Gasteiger partial charge on any atom is -0.231 e. The van der Waals surface area contributed by atoms with Crippen molar-refractivity contribution >= 4 is 44.8 Å². The maximum Gasteiger partial charge on any atom is 0.188 e. The van der Waals surface area contributed by atoms with Crippen molar-refractivity contribution in [3.63, 3.8) is 0 Å². The van der Waals surface area contributed by atoms with E-state index in [1.165, 1.54) is 31.7 Å². The first-order valence-corrected chi connectivity index (χ1v) is 10.5. The summed E-state index contributed by atoms with van der Waals surface area (Å²) in [7, 11) is 0. The fourth-order valence-electron chi connectivity index (χ4n) is 2.81. The number of thioether (sulfide) groups is 1. The number of hydrogen-bond donors (Lipinski definition) is 0. The Balaban J connectivity index is 1.61. The van der Waals surface area contributed by atoms with Crippen LogP contribution in [-0.2, 0) is 5.75 Å². The molecule has 0 amide bonds. The summed E-state index contributed by atoms with van der Waals surface area (Å²) in [6, 6.07) is 16.6. The number of fused-ring (bicyclic) bond motifs is 1. The van der Waals surface area contributed by atoms with Crippen LogP contribution in [0.3, 0.4) is 0 Å². The van der Waals surface area contributed by atoms with Crippen molar-refractivity contribution in [1.82, 2.24) is 9.97 Å². The van der Waals surface area contributed by atoms with Crippen LogP contribution in [0.15, 0.2) is 59.9 Å². The molecule has 0 radical (unpaired) electrons. The summed E-state index contributed by atoms with van der Waals surface area (Å²) in [5.41, 5.74) is 4.75. The minimum atomic E-state index is 0.766. The SMILES string of the molecule is Cc1ccc(CSc2nccc(-c3sc4ccc(Cl)cc4c3C)n2)cc1. The largest absolute Gasteiger partial charge is 0.231 e. The van der Waals surface area contributed by atoms with E-state index >= 15 is 0 Å². The van der Waals surface area contributed by atoms with Crippen LogP contribution in [0.2, 0.25) is 5.02 Å². The number of hydrogen-bond acceptors (Lipinski definition) is 4. The first-order chi connectivity index (χ1) is 12.6. The molecule has 2 nitrogen and oxygen atoms in total. The Hall–Kier alpha value is -1.88. The van der Waals surface area contributed by atoms with Crippen LogP contribution in [-0.4, -0.2) is 9.97 Å². The summed E-state index contributed by atoms with van der Waals surface area (Å²) in [4.78, 5) is 10.4. The summed E-state index contributed by atoms with van der Waals surface area (Å²) in [6.07, 6.45) is 1.84. The van der Waals surface area contributed by atoms with Gasteiger partial charge in [-0.15, -0.1) is 11.3 Å². The number of halogens is 1. The Morgan fingerprint density at radius 1 is 1.04 bits per heavy atom. The van der Waals surface area contributed by atoms with Gasteiger partial charge in [0.2, 0.25) is 0 Å². The fourth-order valence-corrected chi connectivity index (χ4v) is 4.92. The van der Waals surface area contributed by atoms with Gasteiger partial charge in [0.25, 0.3) is 0 Å². The molecule has 2 aromatic heterocycles. The third-order valence-corrected chi connectivity index (χ3v) is 6.72. The van der Waals surface area contributed by atoms with Gasteiger partial charge in [0, 0.05) is 21.7 Å². The van der Waals surface area contributed by atoms with Crippen LogP contribution in [0, 0.1) is 13.8 Å². The van der Waals surface area contributed by atoms with Gasteiger partial charge in [0.1, 0.15) is 0 Å². The Bertz CT molecular complexity index is 1070. The third-order valence-electron chi connectivity index (χ3n) is 4.25. The lowest BCUT2D eigenvalue weighted by molar-refractivity contribution is 0.973. The van der Waals surface area contributed by atoms with Crippen molar-refractivity contribution in [2.24, 2.45) is 0 Å². The second-order valence-corrected chi connectivity index (χ2v) is 8.63. The average Bonchev–Trinajstić information content (AvgIpc) is 2.98. The van der Waals surface area contributed by atoms with Crippen LogP contribution >= 0.6 is 34.7 Å². The number of benzene rings is 2. The molecule has 4 aromatic rings. The van der Waals surface area contributed by atoms with E-state index in [0.29, 0.717) is 0 Å². The minimum absolute atomic E-state index is 0.766. The molecule has 26 heavy (non-hydrogen) atoms. The van der Waals surface area contributed by atoms with Crippen molar-refractivity contribution in [3.8, 4) is 10.6 Å². The molecule has 0 atom stereocenters. The Morgan fingerprint density at radius 3 is 2.65 bits per heavy atom. The van der Waals surface area contributed by atoms with Crippen LogP contribution < -0.4 is 0 Å². The van der Waals surface area contributed by atoms with Crippen molar-refractivity contribution in [2.45, 2.75) is 24.8 Å². The van der Waals surface area contributed by atoms with Crippen molar-refractivity contribution in [2.75, 3.05) is 0 Å². The quantitative estimate of drug-likeness (QED) is 0.276. The number of thiophene rings is 1. The maximum atomic E-state index is 6.16. The molecular formula is C21H17ClN2S2. The Kier molecular flexibility index (Phi) is 4.98. The highest BCUT2D eigenvalue weighted by atomic mass is 35.5. The molecule has 0 aliphatic carbocycles. The molecular weight excluding hydrogens is 380 g/mol. The Morgan fingerprint density at radius 2 is 1.85 bits per heavy atom. The predicted octanol–water partition coefficient (Wildman–Crippen LogP) is 6.92. The first-order valence-electron chi connectivity index (χ1n) is 8.30. The zero-order chi connectivity index (χ0) is 18.1. The van der Waals surface area contributed by atoms with Crippen LogP contribution in [0.4, 0.5) is 0 Å². The number of aromatic nitrogens is 2. The van der Waals surface area contributed by atoms with E-state index in [0.717, 1.165) is 21.6 Å². The van der Waals surface area contributed by atoms with Gasteiger partial charge in [0.15, 0.2) is 5.16 Å². The van der Waals surface area contributed by atoms with Gasteiger partial charge in [-0.3, -0.25) is 0 Å². The molecule has 0 spiro atoms. The van der Waals surface area contributed by atoms with Gasteiger partial charge in [-0.05, 0) is 54.6 Å². The molecule has 0 unspecified atom stereocenters. The summed E-state index contributed by atoms with van der Waals surface area (Å²) in [5, 5.41) is 2.77. The van der Waals surface area contributed by atoms with Gasteiger partial charge < -0.3 is 0 Å². The molecule has 4 rings (SSSR count). The summed E-state index contributed by atoms with van der Waals surface area (Å²) in [6.45, 7) is 4.23. The summed E-state index contributed by atoms with van der Waals surface area (Å²) >= 11 is 9.57. The van der Waals surface area contributed by atoms with Crippen LogP contribution in [0.1, 0.15) is 16.7 Å². The molecule has 2 aromatic carbocycles. The predicted molar refractivity (Wildman–Crippen MR) is 113 cm³/mol. The summed E-state index contributed by atoms with van der Waals surface area (Å²) < 4.78 is 1.23. The second kappa shape index (κ2) is 7.39. The van der Waals surface area contributed by atoms with E-state index in [-0.39, 0.29) is 0 Å². The van der Waals surface area contributed by atoms with Gasteiger partial charge in [-0.25, -0.2) is 9.97 Å². The maximum absolute atomic E-state index is 6.16. The molecule has 2 heterocycles. The van der Waals surface area contributed by atoms with Gasteiger partial charge >= 0.3 is 0 Å². The lowest BCUT2D eigenvalue weighted by atomic mass is 10.1. The van der Waals surface area contributed by atoms with Crippen LogP contribution in [0.25, 0.3) is 20.7 Å². The van der Waals surface area contributed by atoms with Crippen molar-refractivity contribution < 1.29 is 0 Å². The van der Waals surface area contributed by atoms with E-state index in [2.05, 4.69) is 49.2 Å². The smallest absolute Gasteiger partial charge is 0.188 e. The summed E-state index contributed by atoms with van der Waals surface area (Å²) in [5.74, 6) is 0.866. The lowest BCUT2D eigenvalue weighted by Gasteiger charge is -2.04. The molecule has 130 valence electrons. The number of nitrogens with zero attached hydrogens (tertiary/aromatic N) is 2.